The minimum atomic E-state index is -2.95. The summed E-state index contributed by atoms with van der Waals surface area (Å²) in [5, 5.41) is 4.26. The van der Waals surface area contributed by atoms with Crippen LogP contribution in [0.2, 0.25) is 0 Å². The smallest absolute Gasteiger partial charge is 0.147 e. The summed E-state index contributed by atoms with van der Waals surface area (Å²) in [5.41, 5.74) is 8.84. The zero-order valence-corrected chi connectivity index (χ0v) is 11.0. The van der Waals surface area contributed by atoms with E-state index in [1.807, 2.05) is 20.9 Å². The van der Waals surface area contributed by atoms with Gasteiger partial charge in [-0.25, -0.2) is 8.42 Å². The highest BCUT2D eigenvalue weighted by Gasteiger charge is 2.18. The molecule has 0 aliphatic rings. The van der Waals surface area contributed by atoms with E-state index in [1.54, 1.807) is 4.68 Å². The summed E-state index contributed by atoms with van der Waals surface area (Å²) in [5.74, 6) is 0.113. The van der Waals surface area contributed by atoms with Crippen LogP contribution in [0.1, 0.15) is 29.4 Å². The third-order valence-electron chi connectivity index (χ3n) is 2.74. The summed E-state index contributed by atoms with van der Waals surface area (Å²) < 4.78 is 23.9. The molecule has 0 radical (unpaired) electrons. The van der Waals surface area contributed by atoms with Gasteiger partial charge in [0.05, 0.1) is 11.4 Å². The standard InChI is InChI=1S/C10H19N3O2S/c1-7-10(8(2)13(3)12-7)9(11)5-6-16(4,14)15/h9H,5-6,11H2,1-4H3. The van der Waals surface area contributed by atoms with Crippen molar-refractivity contribution in [2.45, 2.75) is 26.3 Å². The lowest BCUT2D eigenvalue weighted by molar-refractivity contribution is 0.591. The summed E-state index contributed by atoms with van der Waals surface area (Å²) in [4.78, 5) is 0. The van der Waals surface area contributed by atoms with Gasteiger partial charge in [-0.3, -0.25) is 4.68 Å². The number of hydrogen-bond acceptors (Lipinski definition) is 4. The van der Waals surface area contributed by atoms with Crippen LogP contribution in [0.4, 0.5) is 0 Å². The van der Waals surface area contributed by atoms with Gasteiger partial charge in [-0.15, -0.1) is 0 Å². The second-order valence-electron chi connectivity index (χ2n) is 4.23. The van der Waals surface area contributed by atoms with Gasteiger partial charge < -0.3 is 5.73 Å². The van der Waals surface area contributed by atoms with Gasteiger partial charge in [0.25, 0.3) is 0 Å². The highest BCUT2D eigenvalue weighted by molar-refractivity contribution is 7.90. The Labute approximate surface area is 96.6 Å². The van der Waals surface area contributed by atoms with Crippen LogP contribution >= 0.6 is 0 Å². The zero-order chi connectivity index (χ0) is 12.5. The average molecular weight is 245 g/mol. The number of nitrogens with zero attached hydrogens (tertiary/aromatic N) is 2. The van der Waals surface area contributed by atoms with Crippen molar-refractivity contribution in [2.24, 2.45) is 12.8 Å². The number of hydrogen-bond donors (Lipinski definition) is 1. The molecule has 1 atom stereocenters. The largest absolute Gasteiger partial charge is 0.324 e. The lowest BCUT2D eigenvalue weighted by atomic mass is 10.0. The minimum absolute atomic E-state index is 0.113. The summed E-state index contributed by atoms with van der Waals surface area (Å²) in [6.45, 7) is 3.83. The number of aryl methyl sites for hydroxylation is 2. The van der Waals surface area contributed by atoms with E-state index >= 15 is 0 Å². The van der Waals surface area contributed by atoms with Crippen molar-refractivity contribution < 1.29 is 8.42 Å². The molecular weight excluding hydrogens is 226 g/mol. The maximum absolute atomic E-state index is 11.1. The molecular formula is C10H19N3O2S. The first-order valence-electron chi connectivity index (χ1n) is 5.15. The first kappa shape index (κ1) is 13.2. The fourth-order valence-corrected chi connectivity index (χ4v) is 2.49. The third kappa shape index (κ3) is 3.05. The molecule has 0 bridgehead atoms. The molecule has 6 heteroatoms. The lowest BCUT2D eigenvalue weighted by Crippen LogP contribution is -2.17. The van der Waals surface area contributed by atoms with Crippen molar-refractivity contribution in [3.8, 4) is 0 Å². The molecule has 0 fully saturated rings. The molecule has 0 spiro atoms. The van der Waals surface area contributed by atoms with Crippen LogP contribution in [0.5, 0.6) is 0 Å². The molecule has 16 heavy (non-hydrogen) atoms. The Kier molecular flexibility index (Phi) is 3.75. The first-order valence-corrected chi connectivity index (χ1v) is 7.22. The minimum Gasteiger partial charge on any atom is -0.324 e. The van der Waals surface area contributed by atoms with Crippen LogP contribution in [0, 0.1) is 13.8 Å². The van der Waals surface area contributed by atoms with E-state index in [0.29, 0.717) is 6.42 Å². The monoisotopic (exact) mass is 245 g/mol. The van der Waals surface area contributed by atoms with E-state index in [1.165, 1.54) is 6.26 Å². The van der Waals surface area contributed by atoms with Gasteiger partial charge in [0.1, 0.15) is 9.84 Å². The van der Waals surface area contributed by atoms with Crippen LogP contribution < -0.4 is 5.73 Å². The Morgan fingerprint density at radius 3 is 2.38 bits per heavy atom. The van der Waals surface area contributed by atoms with Crippen LogP contribution in [0.15, 0.2) is 0 Å². The second kappa shape index (κ2) is 4.55. The SMILES string of the molecule is Cc1nn(C)c(C)c1C(N)CCS(C)(=O)=O. The van der Waals surface area contributed by atoms with E-state index < -0.39 is 9.84 Å². The Morgan fingerprint density at radius 1 is 1.44 bits per heavy atom. The van der Waals surface area contributed by atoms with Gasteiger partial charge >= 0.3 is 0 Å². The molecule has 0 aliphatic heterocycles. The normalized spacial score (nSPS) is 14.1. The zero-order valence-electron chi connectivity index (χ0n) is 10.2. The molecule has 1 heterocycles. The fourth-order valence-electron chi connectivity index (χ4n) is 1.81. The molecule has 5 nitrogen and oxygen atoms in total. The summed E-state index contributed by atoms with van der Waals surface area (Å²) in [7, 11) is -1.10. The van der Waals surface area contributed by atoms with E-state index in [4.69, 9.17) is 5.73 Å². The van der Waals surface area contributed by atoms with Crippen molar-refractivity contribution in [3.63, 3.8) is 0 Å². The van der Waals surface area contributed by atoms with E-state index in [0.717, 1.165) is 17.0 Å². The van der Waals surface area contributed by atoms with Gasteiger partial charge in [0.2, 0.25) is 0 Å². The van der Waals surface area contributed by atoms with Crippen LogP contribution in [-0.4, -0.2) is 30.2 Å². The first-order chi connectivity index (χ1) is 7.22. The molecule has 0 saturated heterocycles. The van der Waals surface area contributed by atoms with Crippen LogP contribution in [0.25, 0.3) is 0 Å². The van der Waals surface area contributed by atoms with E-state index in [-0.39, 0.29) is 11.8 Å². The van der Waals surface area contributed by atoms with Crippen molar-refractivity contribution in [1.82, 2.24) is 9.78 Å². The summed E-state index contributed by atoms with van der Waals surface area (Å²) in [6.07, 6.45) is 1.66. The molecule has 0 aromatic carbocycles. The molecule has 1 aromatic heterocycles. The predicted molar refractivity (Wildman–Crippen MR) is 63.9 cm³/mol. The lowest BCUT2D eigenvalue weighted by Gasteiger charge is -2.11. The van der Waals surface area contributed by atoms with E-state index in [9.17, 15) is 8.42 Å². The van der Waals surface area contributed by atoms with Crippen molar-refractivity contribution in [2.75, 3.05) is 12.0 Å². The number of nitrogens with two attached hydrogens (primary N) is 1. The van der Waals surface area contributed by atoms with Crippen LogP contribution in [-0.2, 0) is 16.9 Å². The summed E-state index contributed by atoms with van der Waals surface area (Å²) in [6, 6.07) is -0.261. The van der Waals surface area contributed by atoms with Gasteiger partial charge in [-0.2, -0.15) is 5.10 Å². The van der Waals surface area contributed by atoms with Gasteiger partial charge in [-0.05, 0) is 20.3 Å². The maximum atomic E-state index is 11.1. The highest BCUT2D eigenvalue weighted by Crippen LogP contribution is 2.21. The Hall–Kier alpha value is -0.880. The molecule has 92 valence electrons. The van der Waals surface area contributed by atoms with E-state index in [2.05, 4.69) is 5.10 Å². The van der Waals surface area contributed by atoms with Crippen LogP contribution in [0.3, 0.4) is 0 Å². The quantitative estimate of drug-likeness (QED) is 0.836. The average Bonchev–Trinajstić information content (AvgIpc) is 2.36. The molecule has 0 aliphatic carbocycles. The third-order valence-corrected chi connectivity index (χ3v) is 3.71. The number of sulfone groups is 1. The molecule has 1 rings (SSSR count). The van der Waals surface area contributed by atoms with Crippen molar-refractivity contribution in [1.29, 1.82) is 0 Å². The second-order valence-corrected chi connectivity index (χ2v) is 6.49. The predicted octanol–water partition coefficient (Wildman–Crippen LogP) is 0.471. The maximum Gasteiger partial charge on any atom is 0.147 e. The Bertz CT molecular complexity index is 476. The molecule has 2 N–H and O–H groups in total. The topological polar surface area (TPSA) is 78.0 Å². The highest BCUT2D eigenvalue weighted by atomic mass is 32.2. The summed E-state index contributed by atoms with van der Waals surface area (Å²) >= 11 is 0. The molecule has 0 saturated carbocycles. The molecule has 1 unspecified atom stereocenters. The molecule has 1 aromatic rings. The van der Waals surface area contributed by atoms with Gasteiger partial charge in [0.15, 0.2) is 0 Å². The number of rotatable bonds is 4. The van der Waals surface area contributed by atoms with Gasteiger partial charge in [0, 0.05) is 30.6 Å². The van der Waals surface area contributed by atoms with Gasteiger partial charge in [-0.1, -0.05) is 0 Å². The fraction of sp³-hybridized carbons (Fsp3) is 0.700. The molecule has 0 amide bonds. The Balaban J connectivity index is 2.85. The Morgan fingerprint density at radius 2 is 2.00 bits per heavy atom. The van der Waals surface area contributed by atoms with Crippen molar-refractivity contribution in [3.05, 3.63) is 17.0 Å². The number of aromatic nitrogens is 2. The van der Waals surface area contributed by atoms with Crippen molar-refractivity contribution >= 4 is 9.84 Å².